The molecule has 27 heavy (non-hydrogen) atoms. The van der Waals surface area contributed by atoms with Crippen molar-refractivity contribution in [3.05, 3.63) is 24.3 Å². The average Bonchev–Trinajstić information content (AvgIpc) is 2.72. The molecule has 0 N–H and O–H groups in total. The molecule has 6 nitrogen and oxygen atoms in total. The van der Waals surface area contributed by atoms with Gasteiger partial charge in [-0.1, -0.05) is 24.3 Å². The van der Waals surface area contributed by atoms with E-state index in [0.717, 1.165) is 51.7 Å². The molecule has 2 heterocycles. The number of methoxy groups -OCH3 is 1. The van der Waals surface area contributed by atoms with Gasteiger partial charge in [0.1, 0.15) is 0 Å². The highest BCUT2D eigenvalue weighted by molar-refractivity contribution is 5.72. The van der Waals surface area contributed by atoms with Crippen molar-refractivity contribution in [2.75, 3.05) is 33.5 Å². The second kappa shape index (κ2) is 13.9. The van der Waals surface area contributed by atoms with E-state index in [1.54, 1.807) is 0 Å². The summed E-state index contributed by atoms with van der Waals surface area (Å²) in [5.74, 6) is -0.392. The van der Waals surface area contributed by atoms with E-state index in [2.05, 4.69) is 0 Å². The van der Waals surface area contributed by atoms with E-state index in [4.69, 9.17) is 23.7 Å². The predicted octanol–water partition coefficient (Wildman–Crippen LogP) is 3.75. The van der Waals surface area contributed by atoms with E-state index < -0.39 is 0 Å². The molecule has 0 aromatic carbocycles. The smallest absolute Gasteiger partial charge is 0.309 e. The molecule has 2 rings (SSSR count). The van der Waals surface area contributed by atoms with Crippen LogP contribution in [0.3, 0.4) is 0 Å². The maximum Gasteiger partial charge on any atom is 0.309 e. The van der Waals surface area contributed by atoms with E-state index in [-0.39, 0.29) is 24.5 Å². The molecule has 2 fully saturated rings. The topological polar surface area (TPSA) is 63.2 Å². The molecule has 0 spiro atoms. The summed E-state index contributed by atoms with van der Waals surface area (Å²) in [5, 5.41) is 0. The number of esters is 1. The standard InChI is InChI=1S/C21H34O6/c1-23-21(22)18(10-2-6-14-24-19-12-4-8-16-26-19)11-3-7-15-25-20-13-5-9-17-27-20/h2-3,6-7,18-20H,4-5,8-17H2,1H3/b6-2-,7-3-. The van der Waals surface area contributed by atoms with Gasteiger partial charge in [-0.15, -0.1) is 0 Å². The van der Waals surface area contributed by atoms with Crippen LogP contribution in [0.15, 0.2) is 24.3 Å². The number of allylic oxidation sites excluding steroid dienone is 2. The lowest BCUT2D eigenvalue weighted by atomic mass is 10.0. The van der Waals surface area contributed by atoms with Crippen molar-refractivity contribution in [1.29, 1.82) is 0 Å². The zero-order valence-electron chi connectivity index (χ0n) is 16.5. The minimum Gasteiger partial charge on any atom is -0.469 e. The van der Waals surface area contributed by atoms with Gasteiger partial charge in [0.15, 0.2) is 12.6 Å². The van der Waals surface area contributed by atoms with E-state index in [0.29, 0.717) is 26.1 Å². The van der Waals surface area contributed by atoms with E-state index in [1.165, 1.54) is 7.11 Å². The van der Waals surface area contributed by atoms with Gasteiger partial charge in [-0.3, -0.25) is 4.79 Å². The van der Waals surface area contributed by atoms with E-state index in [9.17, 15) is 4.79 Å². The third-order valence-corrected chi connectivity index (χ3v) is 4.74. The van der Waals surface area contributed by atoms with Gasteiger partial charge in [-0.2, -0.15) is 0 Å². The summed E-state index contributed by atoms with van der Waals surface area (Å²) in [6.07, 6.45) is 15.4. The van der Waals surface area contributed by atoms with Gasteiger partial charge in [0.2, 0.25) is 0 Å². The van der Waals surface area contributed by atoms with Crippen LogP contribution in [0.5, 0.6) is 0 Å². The van der Waals surface area contributed by atoms with Crippen LogP contribution in [0, 0.1) is 5.92 Å². The van der Waals surface area contributed by atoms with Gasteiger partial charge >= 0.3 is 5.97 Å². The summed E-state index contributed by atoms with van der Waals surface area (Å²) >= 11 is 0. The van der Waals surface area contributed by atoms with Crippen molar-refractivity contribution in [2.45, 2.75) is 63.9 Å². The van der Waals surface area contributed by atoms with Gasteiger partial charge in [-0.05, 0) is 51.4 Å². The van der Waals surface area contributed by atoms with Crippen LogP contribution in [-0.4, -0.2) is 52.1 Å². The van der Waals surface area contributed by atoms with E-state index in [1.807, 2.05) is 24.3 Å². The largest absolute Gasteiger partial charge is 0.469 e. The molecule has 0 aliphatic carbocycles. The number of carbonyl (C=O) groups excluding carboxylic acids is 1. The molecule has 0 radical (unpaired) electrons. The van der Waals surface area contributed by atoms with Crippen LogP contribution >= 0.6 is 0 Å². The Morgan fingerprint density at radius 3 is 1.81 bits per heavy atom. The van der Waals surface area contributed by atoms with Crippen molar-refractivity contribution in [3.63, 3.8) is 0 Å². The van der Waals surface area contributed by atoms with Gasteiger partial charge in [0.05, 0.1) is 26.2 Å². The normalized spacial score (nSPS) is 25.1. The SMILES string of the molecule is COC(=O)C(C/C=C\COC1CCCCO1)C/C=C\COC1CCCCO1. The minimum absolute atomic E-state index is 0.0871. The third-order valence-electron chi connectivity index (χ3n) is 4.74. The lowest BCUT2D eigenvalue weighted by Crippen LogP contribution is -2.22. The molecule has 2 aliphatic rings. The first-order chi connectivity index (χ1) is 13.3. The summed E-state index contributed by atoms with van der Waals surface area (Å²) in [4.78, 5) is 11.9. The van der Waals surface area contributed by atoms with Crippen molar-refractivity contribution < 1.29 is 28.5 Å². The van der Waals surface area contributed by atoms with Crippen molar-refractivity contribution in [1.82, 2.24) is 0 Å². The van der Waals surface area contributed by atoms with Gasteiger partial charge in [-0.25, -0.2) is 0 Å². The monoisotopic (exact) mass is 382 g/mol. The quantitative estimate of drug-likeness (QED) is 0.401. The maximum atomic E-state index is 11.9. The summed E-state index contributed by atoms with van der Waals surface area (Å²) in [6.45, 7) is 2.57. The summed E-state index contributed by atoms with van der Waals surface area (Å²) in [6, 6.07) is 0. The van der Waals surface area contributed by atoms with E-state index >= 15 is 0 Å². The lowest BCUT2D eigenvalue weighted by molar-refractivity contribution is -0.155. The van der Waals surface area contributed by atoms with Crippen molar-refractivity contribution in [2.24, 2.45) is 5.92 Å². The lowest BCUT2D eigenvalue weighted by Gasteiger charge is -2.22. The Labute approximate surface area is 162 Å². The molecule has 2 unspecified atom stereocenters. The molecule has 0 aromatic heterocycles. The fraction of sp³-hybridized carbons (Fsp3) is 0.762. The molecule has 6 heteroatoms. The fourth-order valence-corrected chi connectivity index (χ4v) is 3.12. The maximum absolute atomic E-state index is 11.9. The molecule has 0 bridgehead atoms. The Morgan fingerprint density at radius 1 is 0.889 bits per heavy atom. The minimum atomic E-state index is -0.197. The summed E-state index contributed by atoms with van der Waals surface area (Å²) in [5.41, 5.74) is 0. The van der Waals surface area contributed by atoms with Crippen molar-refractivity contribution in [3.8, 4) is 0 Å². The average molecular weight is 382 g/mol. The van der Waals surface area contributed by atoms with Gasteiger partial charge < -0.3 is 23.7 Å². The Bertz CT molecular complexity index is 416. The summed E-state index contributed by atoms with van der Waals surface area (Å²) < 4.78 is 27.3. The Balaban J connectivity index is 1.61. The first-order valence-electron chi connectivity index (χ1n) is 10.1. The van der Waals surface area contributed by atoms with Crippen LogP contribution in [-0.2, 0) is 28.5 Å². The second-order valence-electron chi connectivity index (χ2n) is 6.89. The Hall–Kier alpha value is -1.21. The molecule has 154 valence electrons. The molecule has 2 aliphatic heterocycles. The Kier molecular flexibility index (Phi) is 11.4. The molecule has 2 saturated heterocycles. The molecule has 0 saturated carbocycles. The van der Waals surface area contributed by atoms with Crippen LogP contribution in [0.1, 0.15) is 51.4 Å². The zero-order valence-corrected chi connectivity index (χ0v) is 16.5. The molecule has 2 atom stereocenters. The first-order valence-corrected chi connectivity index (χ1v) is 10.1. The molecule has 0 amide bonds. The van der Waals surface area contributed by atoms with Gasteiger partial charge in [0, 0.05) is 13.2 Å². The van der Waals surface area contributed by atoms with Crippen LogP contribution < -0.4 is 0 Å². The summed E-state index contributed by atoms with van der Waals surface area (Å²) in [7, 11) is 1.43. The fourth-order valence-electron chi connectivity index (χ4n) is 3.12. The first kappa shape index (κ1) is 22.1. The van der Waals surface area contributed by atoms with Crippen molar-refractivity contribution >= 4 is 5.97 Å². The second-order valence-corrected chi connectivity index (χ2v) is 6.89. The van der Waals surface area contributed by atoms with Gasteiger partial charge in [0.25, 0.3) is 0 Å². The highest BCUT2D eigenvalue weighted by atomic mass is 16.7. The predicted molar refractivity (Wildman–Crippen MR) is 102 cm³/mol. The highest BCUT2D eigenvalue weighted by Crippen LogP contribution is 2.16. The zero-order chi connectivity index (χ0) is 19.2. The van der Waals surface area contributed by atoms with Crippen LogP contribution in [0.4, 0.5) is 0 Å². The highest BCUT2D eigenvalue weighted by Gasteiger charge is 2.17. The van der Waals surface area contributed by atoms with Crippen LogP contribution in [0.25, 0.3) is 0 Å². The molecular weight excluding hydrogens is 348 g/mol. The number of rotatable bonds is 11. The number of hydrogen-bond acceptors (Lipinski definition) is 6. The molecular formula is C21H34O6. The number of ether oxygens (including phenoxy) is 5. The Morgan fingerprint density at radius 2 is 1.41 bits per heavy atom. The molecule has 0 aromatic rings. The van der Waals surface area contributed by atoms with Crippen LogP contribution in [0.2, 0.25) is 0 Å². The number of carbonyl (C=O) groups is 1. The third kappa shape index (κ3) is 9.51. The number of hydrogen-bond donors (Lipinski definition) is 0.